The zero-order valence-electron chi connectivity index (χ0n) is 27.0. The second kappa shape index (κ2) is 14.8. The van der Waals surface area contributed by atoms with Crippen LogP contribution in [0.25, 0.3) is 11.1 Å². The maximum absolute atomic E-state index is 14.4. The van der Waals surface area contributed by atoms with Crippen LogP contribution in [0.4, 0.5) is 14.9 Å². The minimum absolute atomic E-state index is 0.00155. The van der Waals surface area contributed by atoms with Gasteiger partial charge in [0, 0.05) is 47.2 Å². The number of halogens is 3. The molecule has 11 nitrogen and oxygen atoms in total. The Balaban J connectivity index is 1.38. The number of benzene rings is 2. The molecule has 0 radical (unpaired) electrons. The number of hydrogen-bond acceptors (Lipinski definition) is 9. The monoisotopic (exact) mass is 698 g/mol. The lowest BCUT2D eigenvalue weighted by atomic mass is 10.1. The number of ether oxygens (including phenoxy) is 3. The first kappa shape index (κ1) is 34.9. The van der Waals surface area contributed by atoms with E-state index in [9.17, 15) is 14.0 Å². The highest BCUT2D eigenvalue weighted by Gasteiger charge is 2.28. The number of nitrogens with one attached hydrogen (secondary N) is 1. The summed E-state index contributed by atoms with van der Waals surface area (Å²) in [5.41, 5.74) is 10.9. The number of hydrogen-bond donors (Lipinski definition) is 2. The number of piperidine rings is 1. The molecule has 0 bridgehead atoms. The molecule has 1 unspecified atom stereocenters. The fourth-order valence-corrected chi connectivity index (χ4v) is 5.97. The molecule has 1 atom stereocenters. The summed E-state index contributed by atoms with van der Waals surface area (Å²) in [4.78, 5) is 29.9. The summed E-state index contributed by atoms with van der Waals surface area (Å²) in [5.74, 6) is -1.50. The first-order chi connectivity index (χ1) is 22.8. The Labute approximate surface area is 288 Å². The van der Waals surface area contributed by atoms with Crippen molar-refractivity contribution in [1.82, 2.24) is 25.2 Å². The van der Waals surface area contributed by atoms with Gasteiger partial charge in [0.25, 0.3) is 0 Å². The van der Waals surface area contributed by atoms with Gasteiger partial charge in [-0.05, 0) is 58.2 Å². The number of nitrogen functional groups attached to an aromatic ring is 1. The minimum atomic E-state index is -0.928. The average molecular weight is 700 g/mol. The van der Waals surface area contributed by atoms with E-state index in [0.29, 0.717) is 24.2 Å². The number of anilines is 1. The van der Waals surface area contributed by atoms with E-state index in [1.165, 1.54) is 12.3 Å². The number of nitrogens with two attached hydrogens (primary N) is 1. The van der Waals surface area contributed by atoms with Crippen molar-refractivity contribution < 1.29 is 28.2 Å². The predicted octanol–water partition coefficient (Wildman–Crippen LogP) is 7.55. The number of aromatic nitrogens is 3. The smallest absolute Gasteiger partial charge is 0.422 e. The fraction of sp³-hybridized carbons (Fsp3) is 0.353. The molecule has 0 spiro atoms. The summed E-state index contributed by atoms with van der Waals surface area (Å²) in [7, 11) is 0. The molecule has 3 heterocycles. The molecular formula is C34H37Cl2FN6O5. The van der Waals surface area contributed by atoms with Crippen molar-refractivity contribution in [3.63, 3.8) is 0 Å². The number of hydrazine groups is 1. The van der Waals surface area contributed by atoms with Crippen LogP contribution in [0.1, 0.15) is 74.3 Å². The number of amides is 1. The Morgan fingerprint density at radius 1 is 1.10 bits per heavy atom. The molecule has 1 amide bonds. The van der Waals surface area contributed by atoms with Gasteiger partial charge >= 0.3 is 12.1 Å². The van der Waals surface area contributed by atoms with E-state index in [2.05, 4.69) is 15.5 Å². The second-order valence-corrected chi connectivity index (χ2v) is 13.2. The molecule has 4 aromatic rings. The number of pyridine rings is 1. The molecule has 0 aliphatic carbocycles. The molecule has 0 saturated carbocycles. The normalized spacial score (nSPS) is 14.7. The number of nitrogens with zero attached hydrogens (tertiary/aromatic N) is 4. The maximum Gasteiger partial charge on any atom is 0.422 e. The third-order valence-electron chi connectivity index (χ3n) is 7.66. The van der Waals surface area contributed by atoms with E-state index in [1.54, 1.807) is 13.1 Å². The molecule has 3 N–H and O–H groups in total. The Bertz CT molecular complexity index is 1770. The van der Waals surface area contributed by atoms with Crippen molar-refractivity contribution >= 4 is 41.0 Å². The molecule has 2 aromatic heterocycles. The first-order valence-corrected chi connectivity index (χ1v) is 16.1. The molecule has 1 fully saturated rings. The van der Waals surface area contributed by atoms with Gasteiger partial charge in [-0.3, -0.25) is 10.1 Å². The number of carbonyl (C=O) groups is 2. The summed E-state index contributed by atoms with van der Waals surface area (Å²) in [6.45, 7) is 8.25. The SMILES string of the molecule is CC(Oc1c(C(=O)OCc2ccccc2)ncc(-c2cnn(C3CCN(NC(=O)OC(C)(C)C)CC3)c2)c1N)c1c(Cl)ccc(F)c1Cl. The van der Waals surface area contributed by atoms with Gasteiger partial charge < -0.3 is 19.9 Å². The van der Waals surface area contributed by atoms with Gasteiger partial charge in [-0.15, -0.1) is 0 Å². The zero-order valence-corrected chi connectivity index (χ0v) is 28.5. The molecule has 2 aromatic carbocycles. The van der Waals surface area contributed by atoms with Gasteiger partial charge in [-0.2, -0.15) is 5.10 Å². The van der Waals surface area contributed by atoms with Crippen LogP contribution in [0.5, 0.6) is 5.75 Å². The van der Waals surface area contributed by atoms with Gasteiger partial charge in [0.15, 0.2) is 11.4 Å². The largest absolute Gasteiger partial charge is 0.481 e. The van der Waals surface area contributed by atoms with Crippen molar-refractivity contribution in [2.75, 3.05) is 18.8 Å². The van der Waals surface area contributed by atoms with E-state index in [0.717, 1.165) is 24.5 Å². The standard InChI is InChI=1S/C34H37Cl2FN6O5/c1-20(27-25(35)10-11-26(37)28(27)36)47-31-29(38)24(17-39-30(31)32(44)46-19-21-8-6-5-7-9-21)22-16-40-43(18-22)23-12-14-42(15-13-23)41-33(45)48-34(2,3)4/h5-11,16-18,20,23H,12-15,19H2,1-4H3,(H2,38,39)(H,41,45). The van der Waals surface area contributed by atoms with Crippen LogP contribution in [-0.4, -0.2) is 50.5 Å². The molecule has 48 heavy (non-hydrogen) atoms. The van der Waals surface area contributed by atoms with Gasteiger partial charge in [-0.1, -0.05) is 53.5 Å². The molecule has 1 aliphatic rings. The third kappa shape index (κ3) is 8.36. The Morgan fingerprint density at radius 3 is 2.50 bits per heavy atom. The Kier molecular flexibility index (Phi) is 10.8. The van der Waals surface area contributed by atoms with Crippen LogP contribution in [0.3, 0.4) is 0 Å². The topological polar surface area (TPSA) is 134 Å². The average Bonchev–Trinajstić information content (AvgIpc) is 3.53. The van der Waals surface area contributed by atoms with Crippen LogP contribution in [0, 0.1) is 5.82 Å². The fourth-order valence-electron chi connectivity index (χ4n) is 5.29. The van der Waals surface area contributed by atoms with Crippen molar-refractivity contribution in [2.45, 2.75) is 64.9 Å². The summed E-state index contributed by atoms with van der Waals surface area (Å²) >= 11 is 12.6. The zero-order chi connectivity index (χ0) is 34.6. The van der Waals surface area contributed by atoms with Crippen LogP contribution in [0.15, 0.2) is 61.1 Å². The highest BCUT2D eigenvalue weighted by Crippen LogP contribution is 2.41. The van der Waals surface area contributed by atoms with E-state index in [4.69, 9.17) is 43.1 Å². The van der Waals surface area contributed by atoms with Crippen molar-refractivity contribution in [3.8, 4) is 16.9 Å². The molecule has 14 heteroatoms. The van der Waals surface area contributed by atoms with Gasteiger partial charge in [-0.25, -0.2) is 24.0 Å². The van der Waals surface area contributed by atoms with E-state index in [1.807, 2.05) is 67.0 Å². The summed E-state index contributed by atoms with van der Waals surface area (Å²) < 4.78 is 33.3. The van der Waals surface area contributed by atoms with Gasteiger partial charge in [0.1, 0.15) is 24.1 Å². The van der Waals surface area contributed by atoms with Crippen molar-refractivity contribution in [1.29, 1.82) is 0 Å². The highest BCUT2D eigenvalue weighted by molar-refractivity contribution is 6.36. The maximum atomic E-state index is 14.4. The van der Waals surface area contributed by atoms with E-state index < -0.39 is 29.6 Å². The molecule has 1 saturated heterocycles. The van der Waals surface area contributed by atoms with Crippen LogP contribution in [-0.2, 0) is 16.1 Å². The lowest BCUT2D eigenvalue weighted by molar-refractivity contribution is 0.0265. The summed E-state index contributed by atoms with van der Waals surface area (Å²) in [6, 6.07) is 11.8. The first-order valence-electron chi connectivity index (χ1n) is 15.4. The van der Waals surface area contributed by atoms with Gasteiger partial charge in [0.2, 0.25) is 0 Å². The number of esters is 1. The lowest BCUT2D eigenvalue weighted by Gasteiger charge is -2.32. The summed E-state index contributed by atoms with van der Waals surface area (Å²) in [5, 5.41) is 6.38. The van der Waals surface area contributed by atoms with E-state index in [-0.39, 0.29) is 45.4 Å². The molecular weight excluding hydrogens is 662 g/mol. The summed E-state index contributed by atoms with van der Waals surface area (Å²) in [6.07, 6.45) is 4.98. The highest BCUT2D eigenvalue weighted by atomic mass is 35.5. The number of rotatable bonds is 9. The second-order valence-electron chi connectivity index (χ2n) is 12.4. The Hall–Kier alpha value is -4.39. The molecule has 1 aliphatic heterocycles. The van der Waals surface area contributed by atoms with E-state index >= 15 is 0 Å². The Morgan fingerprint density at radius 2 is 1.81 bits per heavy atom. The number of carbonyl (C=O) groups excluding carboxylic acids is 2. The quantitative estimate of drug-likeness (QED) is 0.134. The predicted molar refractivity (Wildman–Crippen MR) is 180 cm³/mol. The lowest BCUT2D eigenvalue weighted by Crippen LogP contribution is -2.48. The third-order valence-corrected chi connectivity index (χ3v) is 8.37. The minimum Gasteiger partial charge on any atom is -0.481 e. The molecule has 5 rings (SSSR count). The van der Waals surface area contributed by atoms with Crippen molar-refractivity contribution in [2.24, 2.45) is 0 Å². The molecule has 254 valence electrons. The van der Waals surface area contributed by atoms with Gasteiger partial charge in [0.05, 0.1) is 22.9 Å². The van der Waals surface area contributed by atoms with Crippen molar-refractivity contribution in [3.05, 3.63) is 93.7 Å². The van der Waals surface area contributed by atoms with Crippen LogP contribution in [0.2, 0.25) is 10.0 Å². The van der Waals surface area contributed by atoms with Crippen LogP contribution >= 0.6 is 23.2 Å². The van der Waals surface area contributed by atoms with Crippen LogP contribution < -0.4 is 15.9 Å².